The minimum absolute atomic E-state index is 0.0324. The van der Waals surface area contributed by atoms with Crippen molar-refractivity contribution in [1.82, 2.24) is 4.83 Å². The third-order valence-electron chi connectivity index (χ3n) is 5.24. The molecule has 2 aliphatic heterocycles. The molecule has 7 nitrogen and oxygen atoms in total. The molecule has 4 rings (SSSR count). The third kappa shape index (κ3) is 4.40. The Bertz CT molecular complexity index is 1120. The highest BCUT2D eigenvalue weighted by molar-refractivity contribution is 7.99. The number of hydrazone groups is 1. The Balaban J connectivity index is 1.60. The zero-order valence-electron chi connectivity index (χ0n) is 17.0. The van der Waals surface area contributed by atoms with Gasteiger partial charge in [0.1, 0.15) is 11.1 Å². The lowest BCUT2D eigenvalue weighted by Crippen LogP contribution is -2.35. The third-order valence-corrected chi connectivity index (χ3v) is 7.98. The number of benzene rings is 2. The summed E-state index contributed by atoms with van der Waals surface area (Å²) in [4.78, 5) is 15.6. The number of nitrogens with one attached hydrogen (secondary N) is 2. The van der Waals surface area contributed by atoms with E-state index in [-0.39, 0.29) is 10.8 Å². The number of anilines is 2. The van der Waals surface area contributed by atoms with Gasteiger partial charge in [0, 0.05) is 12.2 Å². The molecule has 0 bridgehead atoms. The van der Waals surface area contributed by atoms with Gasteiger partial charge >= 0.3 is 0 Å². The van der Waals surface area contributed by atoms with E-state index in [4.69, 9.17) is 0 Å². The molecular formula is C21H23FN4O3S2. The van der Waals surface area contributed by atoms with Crippen LogP contribution in [0.3, 0.4) is 0 Å². The van der Waals surface area contributed by atoms with Crippen molar-refractivity contribution in [3.63, 3.8) is 0 Å². The highest BCUT2D eigenvalue weighted by Crippen LogP contribution is 2.34. The molecule has 0 aromatic heterocycles. The minimum atomic E-state index is -3.85. The fourth-order valence-corrected chi connectivity index (χ4v) is 6.00. The quantitative estimate of drug-likeness (QED) is 0.639. The number of carbonyl (C=O) groups excluding carboxylic acids is 1. The molecule has 2 heterocycles. The van der Waals surface area contributed by atoms with Crippen LogP contribution in [0, 0.1) is 5.82 Å². The van der Waals surface area contributed by atoms with E-state index >= 15 is 0 Å². The topological polar surface area (TPSA) is 90.9 Å². The van der Waals surface area contributed by atoms with E-state index in [1.54, 1.807) is 12.1 Å². The van der Waals surface area contributed by atoms with Crippen molar-refractivity contribution in [2.75, 3.05) is 16.2 Å². The smallest absolute Gasteiger partial charge is 0.264 e. The van der Waals surface area contributed by atoms with Crippen LogP contribution in [0.25, 0.3) is 0 Å². The van der Waals surface area contributed by atoms with Crippen LogP contribution in [-0.4, -0.2) is 31.8 Å². The van der Waals surface area contributed by atoms with Gasteiger partial charge in [0.15, 0.2) is 0 Å². The van der Waals surface area contributed by atoms with Crippen molar-refractivity contribution in [2.24, 2.45) is 5.10 Å². The van der Waals surface area contributed by atoms with Gasteiger partial charge in [0.25, 0.3) is 10.0 Å². The average Bonchev–Trinajstić information content (AvgIpc) is 3.22. The highest BCUT2D eigenvalue weighted by Gasteiger charge is 2.31. The van der Waals surface area contributed by atoms with Crippen LogP contribution in [0.4, 0.5) is 15.8 Å². The number of rotatable bonds is 6. The molecule has 10 heteroatoms. The molecule has 1 amide bonds. The fraction of sp³-hybridized carbons (Fsp3) is 0.333. The summed E-state index contributed by atoms with van der Waals surface area (Å²) in [5, 5.41) is 6.65. The van der Waals surface area contributed by atoms with Crippen molar-refractivity contribution >= 4 is 45.0 Å². The lowest BCUT2D eigenvalue weighted by Gasteiger charge is -2.31. The summed E-state index contributed by atoms with van der Waals surface area (Å²) in [7, 11) is -3.85. The number of halogens is 1. The number of fused-ring (bicyclic) bond motifs is 1. The number of sulfonamides is 1. The molecule has 31 heavy (non-hydrogen) atoms. The highest BCUT2D eigenvalue weighted by atomic mass is 32.2. The maximum Gasteiger partial charge on any atom is 0.264 e. The van der Waals surface area contributed by atoms with Crippen molar-refractivity contribution in [1.29, 1.82) is 0 Å². The van der Waals surface area contributed by atoms with Gasteiger partial charge in [-0.25, -0.2) is 12.8 Å². The molecular weight excluding hydrogens is 439 g/mol. The molecule has 0 saturated heterocycles. The summed E-state index contributed by atoms with van der Waals surface area (Å²) in [5.41, 5.74) is 2.74. The van der Waals surface area contributed by atoms with Gasteiger partial charge in [-0.2, -0.15) is 5.10 Å². The first-order chi connectivity index (χ1) is 14.9. The van der Waals surface area contributed by atoms with Gasteiger partial charge in [-0.15, -0.1) is 0 Å². The molecule has 2 aromatic rings. The van der Waals surface area contributed by atoms with Crippen molar-refractivity contribution in [2.45, 2.75) is 42.8 Å². The minimum Gasteiger partial charge on any atom is -0.325 e. The second-order valence-electron chi connectivity index (χ2n) is 7.41. The predicted octanol–water partition coefficient (Wildman–Crippen LogP) is 3.68. The second kappa shape index (κ2) is 8.88. The molecule has 2 N–H and O–H groups in total. The fourth-order valence-electron chi connectivity index (χ4n) is 3.72. The molecule has 0 aliphatic carbocycles. The first kappa shape index (κ1) is 21.6. The summed E-state index contributed by atoms with van der Waals surface area (Å²) in [6, 6.07) is 10.1. The Hall–Kier alpha value is -2.59. The molecule has 0 saturated carbocycles. The number of hydrogen-bond acceptors (Lipinski definition) is 6. The molecule has 0 radical (unpaired) electrons. The van der Waals surface area contributed by atoms with E-state index in [0.29, 0.717) is 24.3 Å². The summed E-state index contributed by atoms with van der Waals surface area (Å²) in [6.07, 6.45) is 3.04. The van der Waals surface area contributed by atoms with Gasteiger partial charge < -0.3 is 5.32 Å². The largest absolute Gasteiger partial charge is 0.325 e. The van der Waals surface area contributed by atoms with E-state index in [1.165, 1.54) is 28.4 Å². The van der Waals surface area contributed by atoms with Gasteiger partial charge in [0.2, 0.25) is 5.91 Å². The normalized spacial score (nSPS) is 18.2. The van der Waals surface area contributed by atoms with Gasteiger partial charge in [-0.1, -0.05) is 19.4 Å². The molecule has 164 valence electrons. The maximum atomic E-state index is 13.3. The van der Waals surface area contributed by atoms with Crippen LogP contribution in [0.15, 0.2) is 52.5 Å². The van der Waals surface area contributed by atoms with Crippen molar-refractivity contribution < 1.29 is 17.6 Å². The Morgan fingerprint density at radius 3 is 2.81 bits per heavy atom. The maximum absolute atomic E-state index is 13.3. The Morgan fingerprint density at radius 2 is 2.06 bits per heavy atom. The molecule has 2 aliphatic rings. The molecule has 1 atom stereocenters. The molecule has 1 unspecified atom stereocenters. The first-order valence-electron chi connectivity index (χ1n) is 10.1. The number of amides is 1. The van der Waals surface area contributed by atoms with Crippen molar-refractivity contribution in [3.05, 3.63) is 53.8 Å². The van der Waals surface area contributed by atoms with Crippen LogP contribution in [0.2, 0.25) is 0 Å². The number of nitrogens with zero attached hydrogens (tertiary/aromatic N) is 2. The Labute approximate surface area is 185 Å². The standard InChI is InChI=1S/C21H23FN4O3S2/c1-2-4-18-20(30-25-24-18)21(27)23-16-9-6-14-5-3-12-26(19(14)13-16)31(28,29)17-10-7-15(22)8-11-17/h6-11,13,20,25H,2-5,12H2,1H3,(H,23,27). The molecule has 0 fully saturated rings. The molecule has 2 aromatic carbocycles. The lowest BCUT2D eigenvalue weighted by molar-refractivity contribution is -0.114. The van der Waals surface area contributed by atoms with E-state index in [1.807, 2.05) is 13.0 Å². The molecule has 0 spiro atoms. The average molecular weight is 463 g/mol. The van der Waals surface area contributed by atoms with Gasteiger partial charge in [-0.05, 0) is 73.2 Å². The van der Waals surface area contributed by atoms with E-state index < -0.39 is 21.1 Å². The monoisotopic (exact) mass is 462 g/mol. The number of hydrogen-bond donors (Lipinski definition) is 2. The SMILES string of the molecule is CCCC1=NNSC1C(=O)Nc1ccc2c(c1)N(S(=O)(=O)c1ccc(F)cc1)CCC2. The Kier molecular flexibility index (Phi) is 6.19. The lowest BCUT2D eigenvalue weighted by atomic mass is 10.0. The Morgan fingerprint density at radius 1 is 1.29 bits per heavy atom. The first-order valence-corrected chi connectivity index (χ1v) is 12.4. The number of carbonyl (C=O) groups is 1. The summed E-state index contributed by atoms with van der Waals surface area (Å²) in [6.45, 7) is 2.35. The summed E-state index contributed by atoms with van der Waals surface area (Å²) < 4.78 is 41.0. The van der Waals surface area contributed by atoms with E-state index in [9.17, 15) is 17.6 Å². The summed E-state index contributed by atoms with van der Waals surface area (Å²) >= 11 is 1.25. The number of aryl methyl sites for hydroxylation is 1. The second-order valence-corrected chi connectivity index (χ2v) is 10.2. The predicted molar refractivity (Wildman–Crippen MR) is 121 cm³/mol. The van der Waals surface area contributed by atoms with E-state index in [2.05, 4.69) is 15.2 Å². The zero-order chi connectivity index (χ0) is 22.0. The van der Waals surface area contributed by atoms with Crippen molar-refractivity contribution in [3.8, 4) is 0 Å². The van der Waals surface area contributed by atoms with Crippen LogP contribution in [0.5, 0.6) is 0 Å². The van der Waals surface area contributed by atoms with Crippen LogP contribution in [-0.2, 0) is 21.2 Å². The van der Waals surface area contributed by atoms with Crippen LogP contribution in [0.1, 0.15) is 31.7 Å². The zero-order valence-corrected chi connectivity index (χ0v) is 18.6. The van der Waals surface area contributed by atoms with Crippen LogP contribution >= 0.6 is 11.9 Å². The summed E-state index contributed by atoms with van der Waals surface area (Å²) in [5.74, 6) is -0.695. The van der Waals surface area contributed by atoms with E-state index in [0.717, 1.165) is 42.7 Å². The van der Waals surface area contributed by atoms with Crippen LogP contribution < -0.4 is 14.5 Å². The van der Waals surface area contributed by atoms with Gasteiger partial charge in [0.05, 0.1) is 16.3 Å². The van der Waals surface area contributed by atoms with Gasteiger partial charge in [-0.3, -0.25) is 13.9 Å².